The number of aromatic nitrogens is 1. The lowest BCUT2D eigenvalue weighted by molar-refractivity contribution is -0.0522. The molecule has 1 saturated carbocycles. The number of alkyl halides is 3. The molecule has 0 spiro atoms. The molecule has 2 aromatic carbocycles. The van der Waals surface area contributed by atoms with Crippen LogP contribution in [0.3, 0.4) is 0 Å². The molecule has 1 fully saturated rings. The molecule has 3 nitrogen and oxygen atoms in total. The first kappa shape index (κ1) is 20.9. The number of ether oxygens (including phenoxy) is 1. The van der Waals surface area contributed by atoms with Gasteiger partial charge in [-0.05, 0) is 56.4 Å². The van der Waals surface area contributed by atoms with Crippen molar-refractivity contribution in [3.8, 4) is 5.75 Å². The summed E-state index contributed by atoms with van der Waals surface area (Å²) < 4.78 is 47.4. The molecule has 3 aromatic rings. The van der Waals surface area contributed by atoms with E-state index >= 15 is 4.39 Å². The van der Waals surface area contributed by atoms with Crippen LogP contribution < -0.4 is 4.74 Å². The Labute approximate surface area is 187 Å². The first-order valence-electron chi connectivity index (χ1n) is 10.6. The highest BCUT2D eigenvalue weighted by molar-refractivity contribution is 9.10. The second-order valence-corrected chi connectivity index (χ2v) is 9.67. The average Bonchev–Trinajstić information content (AvgIpc) is 3.06. The molecule has 31 heavy (non-hydrogen) atoms. The number of aromatic amines is 1. The van der Waals surface area contributed by atoms with E-state index in [2.05, 4.69) is 38.8 Å². The second kappa shape index (κ2) is 7.85. The smallest absolute Gasteiger partial charge is 0.387 e. The third-order valence-electron chi connectivity index (χ3n) is 6.72. The van der Waals surface area contributed by atoms with Crippen molar-refractivity contribution in [2.45, 2.75) is 57.0 Å². The standard InChI is InChI=1S/C24H24BrF3N2O/c1-14-11-18-16-5-2-3-6-19(16)29-21(18)22(30(14)13-24(28)9-4-10-24)17-8-7-15(25)12-20(17)31-23(26)27/h2-3,5-8,12,14,22-23,29H,4,9-11,13H2,1H3/t14-,22-/m1/s1. The molecule has 2 aliphatic rings. The predicted octanol–water partition coefficient (Wildman–Crippen LogP) is 6.76. The third-order valence-corrected chi connectivity index (χ3v) is 7.21. The molecule has 0 bridgehead atoms. The highest BCUT2D eigenvalue weighted by Crippen LogP contribution is 2.47. The Morgan fingerprint density at radius 2 is 2.00 bits per heavy atom. The van der Waals surface area contributed by atoms with Crippen molar-refractivity contribution in [2.75, 3.05) is 6.54 Å². The number of halogens is 4. The Morgan fingerprint density at radius 3 is 2.71 bits per heavy atom. The van der Waals surface area contributed by atoms with Gasteiger partial charge in [-0.25, -0.2) is 4.39 Å². The van der Waals surface area contributed by atoms with Crippen LogP contribution in [0.25, 0.3) is 10.9 Å². The molecule has 164 valence electrons. The van der Waals surface area contributed by atoms with Gasteiger partial charge in [-0.1, -0.05) is 40.2 Å². The highest BCUT2D eigenvalue weighted by atomic mass is 79.9. The molecule has 2 atom stereocenters. The quantitative estimate of drug-likeness (QED) is 0.426. The summed E-state index contributed by atoms with van der Waals surface area (Å²) in [4.78, 5) is 5.64. The highest BCUT2D eigenvalue weighted by Gasteiger charge is 2.45. The van der Waals surface area contributed by atoms with Crippen molar-refractivity contribution in [3.63, 3.8) is 0 Å². The van der Waals surface area contributed by atoms with Gasteiger partial charge in [-0.2, -0.15) is 8.78 Å². The number of benzene rings is 2. The fraction of sp³-hybridized carbons (Fsp3) is 0.417. The Balaban J connectivity index is 1.69. The van der Waals surface area contributed by atoms with E-state index in [0.29, 0.717) is 22.9 Å². The van der Waals surface area contributed by atoms with E-state index in [4.69, 9.17) is 4.74 Å². The van der Waals surface area contributed by atoms with Crippen molar-refractivity contribution in [2.24, 2.45) is 0 Å². The Bertz CT molecular complexity index is 1110. The van der Waals surface area contributed by atoms with Crippen molar-refractivity contribution < 1.29 is 17.9 Å². The molecule has 1 aliphatic carbocycles. The number of hydrogen-bond acceptors (Lipinski definition) is 2. The van der Waals surface area contributed by atoms with Crippen LogP contribution in [0.2, 0.25) is 0 Å². The number of hydrogen-bond donors (Lipinski definition) is 1. The van der Waals surface area contributed by atoms with Gasteiger partial charge >= 0.3 is 6.61 Å². The molecule has 0 unspecified atom stereocenters. The van der Waals surface area contributed by atoms with Gasteiger partial charge in [-0.15, -0.1) is 0 Å². The lowest BCUT2D eigenvalue weighted by Crippen LogP contribution is -2.51. The number of rotatable bonds is 5. The third kappa shape index (κ3) is 3.76. The summed E-state index contributed by atoms with van der Waals surface area (Å²) >= 11 is 3.36. The summed E-state index contributed by atoms with van der Waals surface area (Å²) in [5.74, 6) is 0.111. The molecule has 5 rings (SSSR count). The normalized spacial score (nSPS) is 23.0. The number of nitrogens with one attached hydrogen (secondary N) is 1. The minimum atomic E-state index is -2.94. The molecule has 0 radical (unpaired) electrons. The van der Waals surface area contributed by atoms with Gasteiger partial charge in [-0.3, -0.25) is 4.90 Å². The summed E-state index contributed by atoms with van der Waals surface area (Å²) in [6, 6.07) is 12.9. The SMILES string of the molecule is C[C@@H]1Cc2c([nH]c3ccccc23)[C@@H](c2ccc(Br)cc2OC(F)F)N1CC1(F)CCC1. The van der Waals surface area contributed by atoms with E-state index < -0.39 is 18.3 Å². The van der Waals surface area contributed by atoms with Gasteiger partial charge in [0.1, 0.15) is 11.4 Å². The van der Waals surface area contributed by atoms with E-state index in [1.54, 1.807) is 12.1 Å². The summed E-state index contributed by atoms with van der Waals surface area (Å²) in [7, 11) is 0. The van der Waals surface area contributed by atoms with Crippen molar-refractivity contribution in [1.82, 2.24) is 9.88 Å². The minimum Gasteiger partial charge on any atom is -0.434 e. The zero-order valence-electron chi connectivity index (χ0n) is 17.2. The molecule has 2 heterocycles. The lowest BCUT2D eigenvalue weighted by atomic mass is 9.79. The summed E-state index contributed by atoms with van der Waals surface area (Å²) in [5, 5.41) is 1.13. The van der Waals surface area contributed by atoms with Gasteiger partial charge < -0.3 is 9.72 Å². The maximum Gasteiger partial charge on any atom is 0.387 e. The number of nitrogens with zero attached hydrogens (tertiary/aromatic N) is 1. The van der Waals surface area contributed by atoms with Gasteiger partial charge in [0.05, 0.1) is 6.04 Å². The molecular formula is C24H24BrF3N2O. The van der Waals surface area contributed by atoms with E-state index in [1.807, 2.05) is 24.3 Å². The van der Waals surface area contributed by atoms with Crippen LogP contribution in [0.15, 0.2) is 46.9 Å². The number of H-pyrrole nitrogens is 1. The van der Waals surface area contributed by atoms with Crippen molar-refractivity contribution >= 4 is 26.8 Å². The van der Waals surface area contributed by atoms with Crippen LogP contribution in [0, 0.1) is 0 Å². The predicted molar refractivity (Wildman–Crippen MR) is 118 cm³/mol. The Morgan fingerprint density at radius 1 is 1.23 bits per heavy atom. The van der Waals surface area contributed by atoms with Crippen molar-refractivity contribution in [1.29, 1.82) is 0 Å². The Hall–Kier alpha value is -1.99. The topological polar surface area (TPSA) is 28.3 Å². The fourth-order valence-electron chi connectivity index (χ4n) is 5.07. The second-order valence-electron chi connectivity index (χ2n) is 8.76. The van der Waals surface area contributed by atoms with Crippen molar-refractivity contribution in [3.05, 3.63) is 63.8 Å². The van der Waals surface area contributed by atoms with Crippen LogP contribution in [0.4, 0.5) is 13.2 Å². The van der Waals surface area contributed by atoms with E-state index in [-0.39, 0.29) is 18.3 Å². The molecule has 1 N–H and O–H groups in total. The largest absolute Gasteiger partial charge is 0.434 e. The molecule has 0 saturated heterocycles. The van der Waals surface area contributed by atoms with Crippen LogP contribution in [-0.4, -0.2) is 34.8 Å². The van der Waals surface area contributed by atoms with E-state index in [0.717, 1.165) is 35.0 Å². The first-order chi connectivity index (χ1) is 14.8. The van der Waals surface area contributed by atoms with Crippen LogP contribution in [-0.2, 0) is 6.42 Å². The number of fused-ring (bicyclic) bond motifs is 3. The average molecular weight is 493 g/mol. The summed E-state index contributed by atoms with van der Waals surface area (Å²) in [6.07, 6.45) is 2.75. The van der Waals surface area contributed by atoms with E-state index in [9.17, 15) is 8.78 Å². The Kier molecular flexibility index (Phi) is 5.29. The van der Waals surface area contributed by atoms with Crippen LogP contribution >= 0.6 is 15.9 Å². The molecular weight excluding hydrogens is 469 g/mol. The maximum atomic E-state index is 15.3. The zero-order chi connectivity index (χ0) is 21.8. The molecule has 0 amide bonds. The van der Waals surface area contributed by atoms with Gasteiger partial charge in [0.2, 0.25) is 0 Å². The van der Waals surface area contributed by atoms with Crippen LogP contribution in [0.5, 0.6) is 5.75 Å². The summed E-state index contributed by atoms with van der Waals surface area (Å²) in [6.45, 7) is -0.576. The number of para-hydroxylation sites is 1. The van der Waals surface area contributed by atoms with Gasteiger partial charge in [0.25, 0.3) is 0 Å². The fourth-order valence-corrected chi connectivity index (χ4v) is 5.41. The van der Waals surface area contributed by atoms with Gasteiger partial charge in [0.15, 0.2) is 0 Å². The van der Waals surface area contributed by atoms with Crippen LogP contribution in [0.1, 0.15) is 49.0 Å². The van der Waals surface area contributed by atoms with Gasteiger partial charge in [0, 0.05) is 39.2 Å². The zero-order valence-corrected chi connectivity index (χ0v) is 18.8. The maximum absolute atomic E-state index is 15.3. The first-order valence-corrected chi connectivity index (χ1v) is 11.4. The minimum absolute atomic E-state index is 0.0491. The van der Waals surface area contributed by atoms with E-state index in [1.165, 1.54) is 0 Å². The monoisotopic (exact) mass is 492 g/mol. The molecule has 1 aliphatic heterocycles. The summed E-state index contributed by atoms with van der Waals surface area (Å²) in [5.41, 5.74) is 2.49. The molecule has 7 heteroatoms. The lowest BCUT2D eigenvalue weighted by Gasteiger charge is -2.46. The molecule has 1 aromatic heterocycles.